The molecule has 6 unspecified atom stereocenters. The number of likely N-dealkylation sites (tertiary alicyclic amines) is 1. The van der Waals surface area contributed by atoms with Gasteiger partial charge in [0.1, 0.15) is 12.1 Å². The predicted octanol–water partition coefficient (Wildman–Crippen LogP) is 2.72. The number of aliphatic carboxylic acids is 2. The lowest BCUT2D eigenvalue weighted by molar-refractivity contribution is -0.158. The van der Waals surface area contributed by atoms with Gasteiger partial charge in [-0.1, -0.05) is 43.2 Å². The molecule has 8 nitrogen and oxygen atoms in total. The molecule has 2 aliphatic rings. The summed E-state index contributed by atoms with van der Waals surface area (Å²) in [6, 6.07) is 6.31. The van der Waals surface area contributed by atoms with Gasteiger partial charge in [-0.2, -0.15) is 0 Å². The second-order valence-electron chi connectivity index (χ2n) is 8.89. The third-order valence-corrected chi connectivity index (χ3v) is 7.01. The van der Waals surface area contributed by atoms with E-state index in [1.165, 1.54) is 0 Å². The average molecular weight is 483 g/mol. The number of rotatable bonds is 10. The highest BCUT2D eigenvalue weighted by Crippen LogP contribution is 2.43. The predicted molar refractivity (Wildman–Crippen MR) is 125 cm³/mol. The molecular formula is C24H35ClN2O6. The number of benzene rings is 1. The Morgan fingerprint density at radius 2 is 1.82 bits per heavy atom. The highest BCUT2D eigenvalue weighted by molar-refractivity contribution is 5.85. The molecular weight excluding hydrogens is 448 g/mol. The van der Waals surface area contributed by atoms with Gasteiger partial charge in [0.2, 0.25) is 0 Å². The van der Waals surface area contributed by atoms with Crippen molar-refractivity contribution in [2.24, 2.45) is 17.6 Å². The van der Waals surface area contributed by atoms with Gasteiger partial charge in [-0.05, 0) is 50.5 Å². The minimum atomic E-state index is -1.40. The van der Waals surface area contributed by atoms with Crippen molar-refractivity contribution >= 4 is 30.3 Å². The van der Waals surface area contributed by atoms with E-state index in [1.54, 1.807) is 11.8 Å². The molecule has 1 aliphatic heterocycles. The number of ether oxygens (including phenoxy) is 1. The van der Waals surface area contributed by atoms with Crippen molar-refractivity contribution in [3.05, 3.63) is 35.9 Å². The quantitative estimate of drug-likeness (QED) is 0.434. The highest BCUT2D eigenvalue weighted by atomic mass is 35.5. The van der Waals surface area contributed by atoms with E-state index in [0.717, 1.165) is 31.2 Å². The molecule has 184 valence electrons. The molecule has 33 heavy (non-hydrogen) atoms. The molecule has 0 aromatic heterocycles. The first kappa shape index (κ1) is 27.1. The fourth-order valence-electron chi connectivity index (χ4n) is 5.59. The molecule has 1 heterocycles. The Kier molecular flexibility index (Phi) is 10.1. The summed E-state index contributed by atoms with van der Waals surface area (Å²) in [6.07, 6.45) is 5.00. The number of carboxylic acids is 2. The summed E-state index contributed by atoms with van der Waals surface area (Å²) in [5, 5.41) is 19.8. The number of esters is 1. The lowest BCUT2D eigenvalue weighted by Gasteiger charge is -2.43. The Balaban J connectivity index is 0.00000385. The van der Waals surface area contributed by atoms with Crippen LogP contribution < -0.4 is 5.73 Å². The van der Waals surface area contributed by atoms with E-state index in [9.17, 15) is 24.6 Å². The summed E-state index contributed by atoms with van der Waals surface area (Å²) in [6.45, 7) is 1.86. The van der Waals surface area contributed by atoms with Crippen LogP contribution in [0.5, 0.6) is 0 Å². The maximum atomic E-state index is 13.1. The zero-order valence-corrected chi connectivity index (χ0v) is 19.8. The first-order valence-corrected chi connectivity index (χ1v) is 11.5. The number of nitrogens with two attached hydrogens (primary N) is 1. The Morgan fingerprint density at radius 3 is 2.42 bits per heavy atom. The van der Waals surface area contributed by atoms with Crippen LogP contribution in [0.2, 0.25) is 0 Å². The number of carboxylic acid groups (broad SMARTS) is 2. The number of hydrogen-bond acceptors (Lipinski definition) is 6. The van der Waals surface area contributed by atoms with Gasteiger partial charge in [-0.3, -0.25) is 19.3 Å². The maximum absolute atomic E-state index is 13.1. The lowest BCUT2D eigenvalue weighted by Crippen LogP contribution is -2.62. The summed E-state index contributed by atoms with van der Waals surface area (Å²) >= 11 is 0. The molecule has 1 saturated heterocycles. The SMILES string of the molecule is CCOC(=O)C(CCc1ccccc1)C(C(N)C(=O)O)N1C(C(=O)O)CC2CCCCC21.Cl. The van der Waals surface area contributed by atoms with Crippen LogP contribution in [0.1, 0.15) is 51.0 Å². The topological polar surface area (TPSA) is 130 Å². The second-order valence-corrected chi connectivity index (χ2v) is 8.89. The van der Waals surface area contributed by atoms with E-state index >= 15 is 0 Å². The number of hydrogen-bond donors (Lipinski definition) is 3. The minimum absolute atomic E-state index is 0. The van der Waals surface area contributed by atoms with E-state index in [1.807, 2.05) is 30.3 Å². The van der Waals surface area contributed by atoms with Crippen molar-refractivity contribution in [2.45, 2.75) is 76.0 Å². The molecule has 0 spiro atoms. The largest absolute Gasteiger partial charge is 0.480 e. The van der Waals surface area contributed by atoms with Gasteiger partial charge < -0.3 is 20.7 Å². The maximum Gasteiger partial charge on any atom is 0.322 e. The fourth-order valence-corrected chi connectivity index (χ4v) is 5.59. The Hall–Kier alpha value is -2.16. The molecule has 0 amide bonds. The van der Waals surface area contributed by atoms with Gasteiger partial charge >= 0.3 is 17.9 Å². The van der Waals surface area contributed by atoms with Crippen LogP contribution in [0.25, 0.3) is 0 Å². The summed E-state index contributed by atoms with van der Waals surface area (Å²) in [7, 11) is 0. The first-order valence-electron chi connectivity index (χ1n) is 11.5. The number of carbonyl (C=O) groups excluding carboxylic acids is 1. The van der Waals surface area contributed by atoms with Crippen molar-refractivity contribution in [3.63, 3.8) is 0 Å². The zero-order valence-electron chi connectivity index (χ0n) is 19.0. The Bertz CT molecular complexity index is 807. The summed E-state index contributed by atoms with van der Waals surface area (Å²) in [5.74, 6) is -3.43. The van der Waals surface area contributed by atoms with Crippen molar-refractivity contribution in [3.8, 4) is 0 Å². The van der Waals surface area contributed by atoms with Gasteiger partial charge in [0.25, 0.3) is 0 Å². The van der Waals surface area contributed by atoms with Crippen LogP contribution in [-0.4, -0.2) is 63.8 Å². The molecule has 4 N–H and O–H groups in total. The number of aryl methyl sites for hydroxylation is 1. The van der Waals surface area contributed by atoms with Crippen molar-refractivity contribution in [1.29, 1.82) is 0 Å². The van der Waals surface area contributed by atoms with E-state index in [-0.39, 0.29) is 31.0 Å². The molecule has 0 bridgehead atoms. The van der Waals surface area contributed by atoms with E-state index < -0.39 is 42.0 Å². The molecule has 1 aromatic rings. The normalized spacial score (nSPS) is 25.2. The molecule has 6 atom stereocenters. The van der Waals surface area contributed by atoms with Crippen molar-refractivity contribution in [1.82, 2.24) is 4.90 Å². The first-order chi connectivity index (χ1) is 15.3. The Labute approximate surface area is 200 Å². The van der Waals surface area contributed by atoms with Gasteiger partial charge in [-0.15, -0.1) is 12.4 Å². The van der Waals surface area contributed by atoms with Gasteiger partial charge in [0, 0.05) is 12.1 Å². The molecule has 0 radical (unpaired) electrons. The lowest BCUT2D eigenvalue weighted by atomic mass is 9.82. The van der Waals surface area contributed by atoms with E-state index in [2.05, 4.69) is 0 Å². The molecule has 9 heteroatoms. The fraction of sp³-hybridized carbons (Fsp3) is 0.625. The number of carbonyl (C=O) groups is 3. The van der Waals surface area contributed by atoms with Crippen LogP contribution in [0.4, 0.5) is 0 Å². The molecule has 1 aliphatic carbocycles. The van der Waals surface area contributed by atoms with Gasteiger partial charge in [-0.25, -0.2) is 0 Å². The number of fused-ring (bicyclic) bond motifs is 1. The summed E-state index contributed by atoms with van der Waals surface area (Å²) in [4.78, 5) is 39.1. The second kappa shape index (κ2) is 12.3. The number of nitrogens with zero attached hydrogens (tertiary/aromatic N) is 1. The molecule has 1 aromatic carbocycles. The van der Waals surface area contributed by atoms with Crippen LogP contribution >= 0.6 is 12.4 Å². The van der Waals surface area contributed by atoms with E-state index in [4.69, 9.17) is 10.5 Å². The molecule has 3 rings (SSSR count). The third-order valence-electron chi connectivity index (χ3n) is 7.01. The van der Waals surface area contributed by atoms with Crippen molar-refractivity contribution < 1.29 is 29.3 Å². The average Bonchev–Trinajstić information content (AvgIpc) is 3.16. The van der Waals surface area contributed by atoms with Gasteiger partial charge in [0.05, 0.1) is 12.5 Å². The van der Waals surface area contributed by atoms with Crippen LogP contribution in [0, 0.1) is 11.8 Å². The van der Waals surface area contributed by atoms with Crippen LogP contribution in [0.15, 0.2) is 30.3 Å². The summed E-state index contributed by atoms with van der Waals surface area (Å²) < 4.78 is 5.33. The third kappa shape index (κ3) is 6.25. The van der Waals surface area contributed by atoms with Gasteiger partial charge in [0.15, 0.2) is 0 Å². The van der Waals surface area contributed by atoms with Crippen LogP contribution in [0.3, 0.4) is 0 Å². The highest BCUT2D eigenvalue weighted by Gasteiger charge is 2.53. The standard InChI is InChI=1S/C24H34N2O6.ClH/c1-2-32-24(31)17(13-12-15-8-4-3-5-9-15)21(20(25)23(29)30)26-18-11-7-6-10-16(18)14-19(26)22(27)28;/h3-5,8-9,16-21H,2,6-7,10-14,25H2,1H3,(H,27,28)(H,29,30);1H. The Morgan fingerprint density at radius 1 is 1.15 bits per heavy atom. The number of halogens is 1. The monoisotopic (exact) mass is 482 g/mol. The van der Waals surface area contributed by atoms with E-state index in [0.29, 0.717) is 19.3 Å². The zero-order chi connectivity index (χ0) is 23.3. The molecule has 1 saturated carbocycles. The van der Waals surface area contributed by atoms with Crippen LogP contribution in [-0.2, 0) is 25.5 Å². The smallest absolute Gasteiger partial charge is 0.322 e. The minimum Gasteiger partial charge on any atom is -0.480 e. The van der Waals surface area contributed by atoms with Crippen molar-refractivity contribution in [2.75, 3.05) is 6.61 Å². The molecule has 2 fully saturated rings. The summed E-state index contributed by atoms with van der Waals surface area (Å²) in [5.41, 5.74) is 7.20.